The van der Waals surface area contributed by atoms with Crippen molar-refractivity contribution in [3.8, 4) is 0 Å². The van der Waals surface area contributed by atoms with E-state index in [2.05, 4.69) is 41.4 Å². The van der Waals surface area contributed by atoms with Crippen molar-refractivity contribution in [2.45, 2.75) is 46.6 Å². The first-order valence-electron chi connectivity index (χ1n) is 7.16. The Bertz CT molecular complexity index is 370. The number of aromatic nitrogens is 2. The second-order valence-electron chi connectivity index (χ2n) is 4.48. The Kier molecular flexibility index (Phi) is 7.18. The second-order valence-corrected chi connectivity index (χ2v) is 4.48. The van der Waals surface area contributed by atoms with E-state index >= 15 is 0 Å². The monoisotopic (exact) mass is 266 g/mol. The summed E-state index contributed by atoms with van der Waals surface area (Å²) in [5.41, 5.74) is 1.14. The van der Waals surface area contributed by atoms with Gasteiger partial charge in [0, 0.05) is 25.3 Å². The summed E-state index contributed by atoms with van der Waals surface area (Å²) in [6, 6.07) is 0. The fourth-order valence-electron chi connectivity index (χ4n) is 1.88. The molecule has 0 aromatic carbocycles. The van der Waals surface area contributed by atoms with Gasteiger partial charge in [-0.15, -0.1) is 0 Å². The normalized spacial score (nSPS) is 12.2. The van der Waals surface area contributed by atoms with Crippen molar-refractivity contribution >= 4 is 11.6 Å². The third-order valence-corrected chi connectivity index (χ3v) is 2.85. The van der Waals surface area contributed by atoms with E-state index in [4.69, 9.17) is 4.74 Å². The van der Waals surface area contributed by atoms with Crippen LogP contribution in [0.1, 0.15) is 39.7 Å². The molecule has 0 fully saturated rings. The Morgan fingerprint density at radius 3 is 2.42 bits per heavy atom. The molecule has 0 saturated carbocycles. The average molecular weight is 266 g/mol. The topological polar surface area (TPSA) is 59.1 Å². The van der Waals surface area contributed by atoms with Crippen LogP contribution in [0, 0.1) is 0 Å². The number of anilines is 2. The molecule has 5 nitrogen and oxygen atoms in total. The Hall–Kier alpha value is -1.36. The number of nitrogens with zero attached hydrogens (tertiary/aromatic N) is 2. The molecular weight excluding hydrogens is 240 g/mol. The number of ether oxygens (including phenoxy) is 1. The highest BCUT2D eigenvalue weighted by atomic mass is 16.5. The van der Waals surface area contributed by atoms with Crippen molar-refractivity contribution in [3.05, 3.63) is 11.9 Å². The number of hydrogen-bond acceptors (Lipinski definition) is 5. The summed E-state index contributed by atoms with van der Waals surface area (Å²) >= 11 is 0. The lowest BCUT2D eigenvalue weighted by molar-refractivity contribution is 0.0854. The minimum Gasteiger partial charge on any atom is -0.377 e. The summed E-state index contributed by atoms with van der Waals surface area (Å²) in [5, 5.41) is 6.69. The van der Waals surface area contributed by atoms with E-state index in [0.29, 0.717) is 0 Å². The van der Waals surface area contributed by atoms with E-state index in [-0.39, 0.29) is 6.10 Å². The number of nitrogens with one attached hydrogen (secondary N) is 2. The van der Waals surface area contributed by atoms with Crippen LogP contribution in [0.4, 0.5) is 11.6 Å². The lowest BCUT2D eigenvalue weighted by Crippen LogP contribution is -2.21. The maximum Gasteiger partial charge on any atom is 0.134 e. The molecule has 19 heavy (non-hydrogen) atoms. The molecule has 0 spiro atoms. The van der Waals surface area contributed by atoms with E-state index in [1.807, 2.05) is 6.92 Å². The van der Waals surface area contributed by atoms with Gasteiger partial charge < -0.3 is 15.4 Å². The molecule has 0 aliphatic rings. The van der Waals surface area contributed by atoms with Crippen molar-refractivity contribution in [1.82, 2.24) is 9.97 Å². The summed E-state index contributed by atoms with van der Waals surface area (Å²) in [7, 11) is 0. The summed E-state index contributed by atoms with van der Waals surface area (Å²) in [4.78, 5) is 8.65. The van der Waals surface area contributed by atoms with E-state index in [0.717, 1.165) is 49.7 Å². The average Bonchev–Trinajstić information content (AvgIpc) is 2.43. The van der Waals surface area contributed by atoms with Gasteiger partial charge in [0.15, 0.2) is 0 Å². The summed E-state index contributed by atoms with van der Waals surface area (Å²) in [5.74, 6) is 1.84. The van der Waals surface area contributed by atoms with Crippen LogP contribution in [-0.2, 0) is 11.2 Å². The predicted molar refractivity (Wildman–Crippen MR) is 79.8 cm³/mol. The number of hydrogen-bond donors (Lipinski definition) is 2. The first-order chi connectivity index (χ1) is 9.22. The van der Waals surface area contributed by atoms with Crippen molar-refractivity contribution in [3.63, 3.8) is 0 Å². The molecule has 0 saturated heterocycles. The van der Waals surface area contributed by atoms with Gasteiger partial charge >= 0.3 is 0 Å². The Balaban J connectivity index is 2.71. The minimum absolute atomic E-state index is 0.178. The quantitative estimate of drug-likeness (QED) is 0.719. The van der Waals surface area contributed by atoms with Gasteiger partial charge in [-0.2, -0.15) is 0 Å². The maximum atomic E-state index is 5.51. The third-order valence-electron chi connectivity index (χ3n) is 2.85. The highest BCUT2D eigenvalue weighted by Gasteiger charge is 2.10. The van der Waals surface area contributed by atoms with E-state index in [1.54, 1.807) is 6.33 Å². The van der Waals surface area contributed by atoms with E-state index < -0.39 is 0 Å². The van der Waals surface area contributed by atoms with Crippen LogP contribution in [0.2, 0.25) is 0 Å². The van der Waals surface area contributed by atoms with Crippen molar-refractivity contribution in [2.24, 2.45) is 0 Å². The van der Waals surface area contributed by atoms with Crippen molar-refractivity contribution in [2.75, 3.05) is 30.3 Å². The molecule has 0 aliphatic heterocycles. The summed E-state index contributed by atoms with van der Waals surface area (Å²) < 4.78 is 5.51. The van der Waals surface area contributed by atoms with Gasteiger partial charge in [-0.3, -0.25) is 0 Å². The molecule has 1 aromatic rings. The van der Waals surface area contributed by atoms with Crippen LogP contribution in [0.3, 0.4) is 0 Å². The van der Waals surface area contributed by atoms with Gasteiger partial charge in [0.2, 0.25) is 0 Å². The van der Waals surface area contributed by atoms with E-state index in [9.17, 15) is 0 Å². The molecule has 0 bridgehead atoms. The standard InChI is InChI=1S/C14H26N4O/c1-5-8-15-13-12(6-2)14(18-10-17-13)16-9-11(4)19-7-3/h10-11H,5-9H2,1-4H3,(H2,15,16,17,18). The van der Waals surface area contributed by atoms with E-state index in [1.165, 1.54) is 0 Å². The largest absolute Gasteiger partial charge is 0.377 e. The predicted octanol–water partition coefficient (Wildman–Crippen LogP) is 2.70. The fraction of sp³-hybridized carbons (Fsp3) is 0.714. The number of rotatable bonds is 9. The Labute approximate surface area is 116 Å². The van der Waals surface area contributed by atoms with Crippen LogP contribution >= 0.6 is 0 Å². The zero-order valence-corrected chi connectivity index (χ0v) is 12.5. The molecule has 108 valence electrons. The molecule has 2 N–H and O–H groups in total. The van der Waals surface area contributed by atoms with Crippen LogP contribution in [0.5, 0.6) is 0 Å². The molecule has 1 aromatic heterocycles. The lowest BCUT2D eigenvalue weighted by Gasteiger charge is -2.16. The van der Waals surface area contributed by atoms with Crippen LogP contribution < -0.4 is 10.6 Å². The highest BCUT2D eigenvalue weighted by molar-refractivity contribution is 5.57. The van der Waals surface area contributed by atoms with Gasteiger partial charge in [-0.05, 0) is 26.7 Å². The van der Waals surface area contributed by atoms with Gasteiger partial charge in [0.1, 0.15) is 18.0 Å². The van der Waals surface area contributed by atoms with Crippen molar-refractivity contribution < 1.29 is 4.74 Å². The van der Waals surface area contributed by atoms with Crippen LogP contribution in [0.15, 0.2) is 6.33 Å². The van der Waals surface area contributed by atoms with Gasteiger partial charge in [0.05, 0.1) is 6.10 Å². The molecule has 0 amide bonds. The first-order valence-corrected chi connectivity index (χ1v) is 7.16. The maximum absolute atomic E-state index is 5.51. The van der Waals surface area contributed by atoms with Gasteiger partial charge in [0.25, 0.3) is 0 Å². The lowest BCUT2D eigenvalue weighted by atomic mass is 10.2. The van der Waals surface area contributed by atoms with Gasteiger partial charge in [-0.1, -0.05) is 13.8 Å². The first kappa shape index (κ1) is 15.7. The van der Waals surface area contributed by atoms with Crippen molar-refractivity contribution in [1.29, 1.82) is 0 Å². The second kappa shape index (κ2) is 8.69. The molecule has 0 radical (unpaired) electrons. The third kappa shape index (κ3) is 5.03. The molecule has 1 unspecified atom stereocenters. The highest BCUT2D eigenvalue weighted by Crippen LogP contribution is 2.20. The molecule has 0 aliphatic carbocycles. The molecule has 1 atom stereocenters. The molecule has 5 heteroatoms. The smallest absolute Gasteiger partial charge is 0.134 e. The summed E-state index contributed by atoms with van der Waals surface area (Å²) in [6.07, 6.45) is 3.76. The zero-order valence-electron chi connectivity index (χ0n) is 12.5. The molecule has 1 heterocycles. The SMILES string of the molecule is CCCNc1ncnc(NCC(C)OCC)c1CC. The summed E-state index contributed by atoms with van der Waals surface area (Å²) in [6.45, 7) is 10.7. The molecule has 1 rings (SSSR count). The van der Waals surface area contributed by atoms with Crippen LogP contribution in [0.25, 0.3) is 0 Å². The zero-order chi connectivity index (χ0) is 14.1. The van der Waals surface area contributed by atoms with Gasteiger partial charge in [-0.25, -0.2) is 9.97 Å². The Morgan fingerprint density at radius 1 is 1.16 bits per heavy atom. The fourth-order valence-corrected chi connectivity index (χ4v) is 1.88. The minimum atomic E-state index is 0.178. The molecular formula is C14H26N4O. The Morgan fingerprint density at radius 2 is 1.84 bits per heavy atom. The van der Waals surface area contributed by atoms with Crippen LogP contribution in [-0.4, -0.2) is 35.8 Å².